The maximum atomic E-state index is 5.90. The minimum absolute atomic E-state index is 0.0694. The van der Waals surface area contributed by atoms with Gasteiger partial charge in [0.2, 0.25) is 0 Å². The number of benzene rings is 1. The molecule has 1 aromatic carbocycles. The lowest BCUT2D eigenvalue weighted by molar-refractivity contribution is 0.222. The first kappa shape index (κ1) is 14.6. The molecule has 0 radical (unpaired) electrons. The zero-order valence-corrected chi connectivity index (χ0v) is 13.1. The summed E-state index contributed by atoms with van der Waals surface area (Å²) in [6, 6.07) is 6.45. The summed E-state index contributed by atoms with van der Waals surface area (Å²) in [6.07, 6.45) is 3.33. The highest BCUT2D eigenvalue weighted by Crippen LogP contribution is 2.30. The van der Waals surface area contributed by atoms with Crippen LogP contribution in [0.4, 0.5) is 5.69 Å². The van der Waals surface area contributed by atoms with Gasteiger partial charge >= 0.3 is 0 Å². The molecule has 2 rings (SSSR count). The topological polar surface area (TPSA) is 38.5 Å². The number of halogens is 1. The summed E-state index contributed by atoms with van der Waals surface area (Å²) in [4.78, 5) is 2.37. The fourth-order valence-electron chi connectivity index (χ4n) is 2.31. The molecular formula is C15H21BrN2O. The van der Waals surface area contributed by atoms with E-state index in [0.29, 0.717) is 0 Å². The molecule has 4 heteroatoms. The molecule has 1 atom stereocenters. The van der Waals surface area contributed by atoms with Crippen LogP contribution < -0.4 is 10.6 Å². The van der Waals surface area contributed by atoms with Crippen molar-refractivity contribution in [3.8, 4) is 0 Å². The van der Waals surface area contributed by atoms with E-state index in [1.807, 2.05) is 6.92 Å². The monoisotopic (exact) mass is 324 g/mol. The molecule has 1 heterocycles. The second-order valence-corrected chi connectivity index (χ2v) is 5.85. The normalized spacial score (nSPS) is 17.3. The summed E-state index contributed by atoms with van der Waals surface area (Å²) < 4.78 is 6.29. The fraction of sp³-hybridized carbons (Fsp3) is 0.467. The Bertz CT molecular complexity index is 471. The first-order valence-electron chi connectivity index (χ1n) is 6.58. The summed E-state index contributed by atoms with van der Waals surface area (Å²) in [5.74, 6) is 0. The first-order valence-corrected chi connectivity index (χ1v) is 7.38. The van der Waals surface area contributed by atoms with Crippen molar-refractivity contribution in [1.82, 2.24) is 0 Å². The van der Waals surface area contributed by atoms with Crippen LogP contribution >= 0.6 is 15.9 Å². The van der Waals surface area contributed by atoms with Crippen LogP contribution in [-0.4, -0.2) is 26.8 Å². The van der Waals surface area contributed by atoms with Crippen molar-refractivity contribution in [2.24, 2.45) is 5.73 Å². The molecule has 19 heavy (non-hydrogen) atoms. The molecule has 0 bridgehead atoms. The van der Waals surface area contributed by atoms with E-state index < -0.39 is 0 Å². The van der Waals surface area contributed by atoms with Crippen LogP contribution in [0, 0.1) is 0 Å². The largest absolute Gasteiger partial charge is 0.380 e. The van der Waals surface area contributed by atoms with Crippen molar-refractivity contribution in [2.45, 2.75) is 19.4 Å². The molecule has 1 unspecified atom stereocenters. The number of methoxy groups -OCH3 is 1. The SMILES string of the molecule is COCC1=CCN(c2ccc(C(C)N)cc2Br)CC1. The molecule has 2 N–H and O–H groups in total. The fourth-order valence-corrected chi connectivity index (χ4v) is 2.96. The number of nitrogens with zero attached hydrogens (tertiary/aromatic N) is 1. The van der Waals surface area contributed by atoms with E-state index >= 15 is 0 Å². The Kier molecular flexibility index (Phi) is 5.02. The van der Waals surface area contributed by atoms with E-state index in [9.17, 15) is 0 Å². The molecule has 0 fully saturated rings. The maximum Gasteiger partial charge on any atom is 0.0674 e. The summed E-state index contributed by atoms with van der Waals surface area (Å²) >= 11 is 3.65. The van der Waals surface area contributed by atoms with E-state index in [-0.39, 0.29) is 6.04 Å². The van der Waals surface area contributed by atoms with E-state index in [1.54, 1.807) is 7.11 Å². The number of nitrogens with two attached hydrogens (primary N) is 1. The van der Waals surface area contributed by atoms with E-state index in [1.165, 1.54) is 11.3 Å². The second-order valence-electron chi connectivity index (χ2n) is 4.99. The van der Waals surface area contributed by atoms with E-state index in [2.05, 4.69) is 45.1 Å². The van der Waals surface area contributed by atoms with Gasteiger partial charge in [-0.1, -0.05) is 12.1 Å². The second kappa shape index (κ2) is 6.55. The van der Waals surface area contributed by atoms with Crippen LogP contribution in [0.5, 0.6) is 0 Å². The molecule has 104 valence electrons. The van der Waals surface area contributed by atoms with Crippen LogP contribution in [0.1, 0.15) is 24.9 Å². The highest BCUT2D eigenvalue weighted by Gasteiger charge is 2.15. The standard InChI is InChI=1S/C15H21BrN2O/c1-11(17)13-3-4-15(14(16)9-13)18-7-5-12(6-8-18)10-19-2/h3-5,9,11H,6-8,10,17H2,1-2H3. The van der Waals surface area contributed by atoms with Crippen LogP contribution in [0.15, 0.2) is 34.3 Å². The van der Waals surface area contributed by atoms with Gasteiger partial charge in [-0.3, -0.25) is 0 Å². The lowest BCUT2D eigenvalue weighted by Crippen LogP contribution is -2.29. The molecule has 0 aliphatic carbocycles. The molecule has 0 amide bonds. The van der Waals surface area contributed by atoms with Gasteiger partial charge in [-0.15, -0.1) is 0 Å². The highest BCUT2D eigenvalue weighted by atomic mass is 79.9. The van der Waals surface area contributed by atoms with Crippen molar-refractivity contribution < 1.29 is 4.74 Å². The van der Waals surface area contributed by atoms with Gasteiger partial charge in [-0.2, -0.15) is 0 Å². The quantitative estimate of drug-likeness (QED) is 0.864. The molecule has 3 nitrogen and oxygen atoms in total. The molecule has 0 saturated heterocycles. The van der Waals surface area contributed by atoms with Gasteiger partial charge in [0.1, 0.15) is 0 Å². The van der Waals surface area contributed by atoms with Gasteiger partial charge in [0.25, 0.3) is 0 Å². The third-order valence-electron chi connectivity index (χ3n) is 3.47. The molecule has 1 aliphatic heterocycles. The van der Waals surface area contributed by atoms with Crippen molar-refractivity contribution in [3.63, 3.8) is 0 Å². The number of rotatable bonds is 4. The summed E-state index contributed by atoms with van der Waals surface area (Å²) in [7, 11) is 1.75. The Hall–Kier alpha value is -0.840. The van der Waals surface area contributed by atoms with Gasteiger partial charge in [0.15, 0.2) is 0 Å². The third kappa shape index (κ3) is 3.59. The van der Waals surface area contributed by atoms with Gasteiger partial charge in [0, 0.05) is 30.7 Å². The predicted octanol–water partition coefficient (Wildman–Crippen LogP) is 3.25. The van der Waals surface area contributed by atoms with Crippen molar-refractivity contribution >= 4 is 21.6 Å². The Morgan fingerprint density at radius 3 is 2.79 bits per heavy atom. The third-order valence-corrected chi connectivity index (χ3v) is 4.11. The highest BCUT2D eigenvalue weighted by molar-refractivity contribution is 9.10. The van der Waals surface area contributed by atoms with Gasteiger partial charge in [0.05, 0.1) is 12.3 Å². The van der Waals surface area contributed by atoms with Crippen LogP contribution in [-0.2, 0) is 4.74 Å². The Morgan fingerprint density at radius 1 is 1.47 bits per heavy atom. The zero-order valence-electron chi connectivity index (χ0n) is 11.5. The number of anilines is 1. The molecule has 1 aromatic rings. The van der Waals surface area contributed by atoms with Crippen LogP contribution in [0.3, 0.4) is 0 Å². The average molecular weight is 325 g/mol. The maximum absolute atomic E-state index is 5.90. The summed E-state index contributed by atoms with van der Waals surface area (Å²) in [6.45, 7) is 4.72. The summed E-state index contributed by atoms with van der Waals surface area (Å²) in [5.41, 5.74) is 9.68. The smallest absolute Gasteiger partial charge is 0.0674 e. The average Bonchev–Trinajstić information content (AvgIpc) is 2.40. The Labute approximate surface area is 123 Å². The number of hydrogen-bond acceptors (Lipinski definition) is 3. The molecule has 0 aromatic heterocycles. The zero-order chi connectivity index (χ0) is 13.8. The molecular weight excluding hydrogens is 304 g/mol. The minimum Gasteiger partial charge on any atom is -0.380 e. The minimum atomic E-state index is 0.0694. The van der Waals surface area contributed by atoms with Crippen molar-refractivity contribution in [2.75, 3.05) is 31.7 Å². The van der Waals surface area contributed by atoms with Gasteiger partial charge in [-0.05, 0) is 52.5 Å². The van der Waals surface area contributed by atoms with Crippen LogP contribution in [0.25, 0.3) is 0 Å². The molecule has 0 spiro atoms. The van der Waals surface area contributed by atoms with Gasteiger partial charge < -0.3 is 15.4 Å². The van der Waals surface area contributed by atoms with E-state index in [4.69, 9.17) is 10.5 Å². The van der Waals surface area contributed by atoms with Crippen molar-refractivity contribution in [3.05, 3.63) is 39.9 Å². The predicted molar refractivity (Wildman–Crippen MR) is 83.5 cm³/mol. The first-order chi connectivity index (χ1) is 9.11. The lowest BCUT2D eigenvalue weighted by Gasteiger charge is -2.29. The molecule has 0 saturated carbocycles. The summed E-state index contributed by atoms with van der Waals surface area (Å²) in [5, 5.41) is 0. The number of hydrogen-bond donors (Lipinski definition) is 1. The number of ether oxygens (including phenoxy) is 1. The lowest BCUT2D eigenvalue weighted by atomic mass is 10.1. The van der Waals surface area contributed by atoms with Crippen molar-refractivity contribution in [1.29, 1.82) is 0 Å². The Morgan fingerprint density at radius 2 is 2.26 bits per heavy atom. The Balaban J connectivity index is 2.11. The van der Waals surface area contributed by atoms with Gasteiger partial charge in [-0.25, -0.2) is 0 Å². The molecule has 1 aliphatic rings. The van der Waals surface area contributed by atoms with E-state index in [0.717, 1.165) is 36.2 Å². The van der Waals surface area contributed by atoms with Crippen LogP contribution in [0.2, 0.25) is 0 Å².